The molecule has 0 aliphatic carbocycles. The van der Waals surface area contributed by atoms with Crippen molar-refractivity contribution < 1.29 is 4.84 Å². The van der Waals surface area contributed by atoms with Crippen molar-refractivity contribution >= 4 is 0 Å². The molecule has 0 aromatic carbocycles. The van der Waals surface area contributed by atoms with Gasteiger partial charge in [0.25, 0.3) is 0 Å². The minimum atomic E-state index is 0.797. The predicted octanol–water partition coefficient (Wildman–Crippen LogP) is 0.570. The van der Waals surface area contributed by atoms with E-state index in [4.69, 9.17) is 4.84 Å². The Kier molecular flexibility index (Phi) is 1.02. The summed E-state index contributed by atoms with van der Waals surface area (Å²) in [6.45, 7) is 2.69. The van der Waals surface area contributed by atoms with Gasteiger partial charge in [0.05, 0.1) is 6.54 Å². The van der Waals surface area contributed by atoms with Gasteiger partial charge in [-0.3, -0.25) is 0 Å². The van der Waals surface area contributed by atoms with Crippen molar-refractivity contribution in [1.29, 1.82) is 0 Å². The van der Waals surface area contributed by atoms with E-state index in [9.17, 15) is 0 Å². The van der Waals surface area contributed by atoms with Gasteiger partial charge in [0.15, 0.2) is 0 Å². The van der Waals surface area contributed by atoms with Crippen LogP contribution >= 0.6 is 0 Å². The Bertz CT molecular complexity index is 98.3. The van der Waals surface area contributed by atoms with Crippen molar-refractivity contribution in [2.24, 2.45) is 0 Å². The van der Waals surface area contributed by atoms with Gasteiger partial charge >= 0.3 is 0 Å². The molecule has 0 atom stereocenters. The molecule has 0 fully saturated rings. The predicted molar refractivity (Wildman–Crippen MR) is 26.1 cm³/mol. The van der Waals surface area contributed by atoms with Gasteiger partial charge in [0.1, 0.15) is 5.76 Å². The summed E-state index contributed by atoms with van der Waals surface area (Å²) in [6, 6.07) is 0. The summed E-state index contributed by atoms with van der Waals surface area (Å²) in [4.78, 5) is 5.00. The van der Waals surface area contributed by atoms with Crippen LogP contribution in [0.25, 0.3) is 0 Å². The summed E-state index contributed by atoms with van der Waals surface area (Å²) in [5.74, 6) is 0.877. The topological polar surface area (TPSA) is 12.5 Å². The molecule has 0 bridgehead atoms. The zero-order valence-electron chi connectivity index (χ0n) is 4.56. The van der Waals surface area contributed by atoms with Gasteiger partial charge in [-0.25, -0.2) is 0 Å². The fraction of sp³-hybridized carbons (Fsp3) is 0.600. The van der Waals surface area contributed by atoms with Gasteiger partial charge in [-0.05, 0) is 6.92 Å². The molecule has 0 aromatic heterocycles. The van der Waals surface area contributed by atoms with Crippen LogP contribution in [0.15, 0.2) is 5.76 Å². The number of rotatable bonds is 0. The van der Waals surface area contributed by atoms with Crippen molar-refractivity contribution in [3.05, 3.63) is 11.8 Å². The lowest BCUT2D eigenvalue weighted by molar-refractivity contribution is -0.0657. The van der Waals surface area contributed by atoms with Crippen molar-refractivity contribution in [2.75, 3.05) is 13.6 Å². The highest BCUT2D eigenvalue weighted by molar-refractivity contribution is 4.85. The molecule has 39 valence electrons. The number of allylic oxidation sites excluding steroid dienone is 1. The maximum absolute atomic E-state index is 5.00. The van der Waals surface area contributed by atoms with E-state index in [1.807, 2.05) is 14.0 Å². The Balaban J connectivity index is 2.42. The Labute approximate surface area is 43.3 Å². The zero-order valence-corrected chi connectivity index (χ0v) is 4.56. The van der Waals surface area contributed by atoms with Gasteiger partial charge in [0.2, 0.25) is 0 Å². The Morgan fingerprint density at radius 3 is 2.71 bits per heavy atom. The average Bonchev–Trinajstić information content (AvgIpc) is 1.87. The maximum Gasteiger partial charge on any atom is 0.126 e. The molecule has 1 rings (SSSR count). The van der Waals surface area contributed by atoms with Gasteiger partial charge in [-0.15, -0.1) is 5.06 Å². The number of hydrogen-bond donors (Lipinski definition) is 0. The quantitative estimate of drug-likeness (QED) is 0.439. The maximum atomic E-state index is 5.00. The zero-order chi connectivity index (χ0) is 5.28. The van der Waals surface area contributed by atoms with E-state index in [0.717, 1.165) is 12.3 Å². The number of nitrogens with zero attached hydrogens (tertiary/aromatic N) is 1. The first-order chi connectivity index (χ1) is 3.29. The first kappa shape index (κ1) is 4.65. The van der Waals surface area contributed by atoms with Gasteiger partial charge in [-0.2, -0.15) is 0 Å². The molecule has 0 aromatic rings. The third-order valence-electron chi connectivity index (χ3n) is 0.843. The summed E-state index contributed by atoms with van der Waals surface area (Å²) in [7, 11) is 1.88. The molecule has 0 unspecified atom stereocenters. The Morgan fingerprint density at radius 2 is 2.57 bits per heavy atom. The smallest absolute Gasteiger partial charge is 0.126 e. The highest BCUT2D eigenvalue weighted by atomic mass is 16.7. The molecule has 0 saturated carbocycles. The van der Waals surface area contributed by atoms with Crippen molar-refractivity contribution in [1.82, 2.24) is 5.06 Å². The van der Waals surface area contributed by atoms with E-state index in [-0.39, 0.29) is 0 Å². The lowest BCUT2D eigenvalue weighted by Crippen LogP contribution is -2.10. The van der Waals surface area contributed by atoms with Crippen LogP contribution in [-0.4, -0.2) is 18.7 Å². The fourth-order valence-corrected chi connectivity index (χ4v) is 0.521. The van der Waals surface area contributed by atoms with Crippen LogP contribution < -0.4 is 0 Å². The van der Waals surface area contributed by atoms with Gasteiger partial charge < -0.3 is 4.84 Å². The lowest BCUT2D eigenvalue weighted by atomic mass is 10.5. The fourth-order valence-electron chi connectivity index (χ4n) is 0.521. The van der Waals surface area contributed by atoms with E-state index in [2.05, 4.69) is 6.08 Å². The summed E-state index contributed by atoms with van der Waals surface area (Å²) < 4.78 is 0. The molecular weight excluding hydrogens is 90.1 g/mol. The van der Waals surface area contributed by atoms with Gasteiger partial charge in [0, 0.05) is 13.1 Å². The molecule has 2 heteroatoms. The van der Waals surface area contributed by atoms with E-state index < -0.39 is 0 Å². The van der Waals surface area contributed by atoms with Gasteiger partial charge in [-0.1, -0.05) is 0 Å². The minimum Gasteiger partial charge on any atom is -0.410 e. The molecule has 0 N–H and O–H groups in total. The number of hydrogen-bond acceptors (Lipinski definition) is 2. The Hall–Kier alpha value is -0.500. The second-order valence-electron chi connectivity index (χ2n) is 1.61. The summed E-state index contributed by atoms with van der Waals surface area (Å²) >= 11 is 0. The van der Waals surface area contributed by atoms with E-state index >= 15 is 0 Å². The molecule has 1 radical (unpaired) electrons. The molecule has 0 saturated heterocycles. The average molecular weight is 98.1 g/mol. The standard InChI is InChI=1S/C5H8NO/c1-5-3-4-6(2)7-5/h4H2,1-2H3. The normalized spacial score (nSPS) is 21.7. The van der Waals surface area contributed by atoms with Crippen LogP contribution in [-0.2, 0) is 4.84 Å². The summed E-state index contributed by atoms with van der Waals surface area (Å²) in [5.41, 5.74) is 0. The largest absolute Gasteiger partial charge is 0.410 e. The summed E-state index contributed by atoms with van der Waals surface area (Å²) in [6.07, 6.45) is 2.99. The third-order valence-corrected chi connectivity index (χ3v) is 0.843. The SMILES string of the molecule is CC1=[C]CN(C)O1. The van der Waals surface area contributed by atoms with E-state index in [1.54, 1.807) is 5.06 Å². The molecule has 2 nitrogen and oxygen atoms in total. The van der Waals surface area contributed by atoms with Crippen molar-refractivity contribution in [3.8, 4) is 0 Å². The monoisotopic (exact) mass is 98.1 g/mol. The number of likely N-dealkylation sites (N-methyl/N-ethyl adjacent to an activating group) is 1. The highest BCUT2D eigenvalue weighted by Gasteiger charge is 2.04. The minimum absolute atomic E-state index is 0.797. The van der Waals surface area contributed by atoms with Crippen LogP contribution in [0.5, 0.6) is 0 Å². The third kappa shape index (κ3) is 0.933. The molecule has 0 spiro atoms. The van der Waals surface area contributed by atoms with Crippen molar-refractivity contribution in [2.45, 2.75) is 6.92 Å². The molecule has 7 heavy (non-hydrogen) atoms. The molecule has 1 aliphatic rings. The lowest BCUT2D eigenvalue weighted by Gasteiger charge is -2.05. The first-order valence-electron chi connectivity index (χ1n) is 2.25. The van der Waals surface area contributed by atoms with Crippen molar-refractivity contribution in [3.63, 3.8) is 0 Å². The van der Waals surface area contributed by atoms with E-state index in [1.165, 1.54) is 0 Å². The first-order valence-corrected chi connectivity index (χ1v) is 2.25. The van der Waals surface area contributed by atoms with E-state index in [0.29, 0.717) is 0 Å². The van der Waals surface area contributed by atoms with Crippen LogP contribution in [0.4, 0.5) is 0 Å². The second kappa shape index (κ2) is 1.54. The summed E-state index contributed by atoms with van der Waals surface area (Å²) in [5, 5.41) is 1.73. The van der Waals surface area contributed by atoms with Crippen LogP contribution in [0.3, 0.4) is 0 Å². The molecule has 0 amide bonds. The van der Waals surface area contributed by atoms with Crippen LogP contribution in [0.1, 0.15) is 6.92 Å². The highest BCUT2D eigenvalue weighted by Crippen LogP contribution is 2.04. The molecule has 1 heterocycles. The number of hydroxylamine groups is 2. The molecule has 1 aliphatic heterocycles. The van der Waals surface area contributed by atoms with Crippen LogP contribution in [0.2, 0.25) is 0 Å². The van der Waals surface area contributed by atoms with Crippen LogP contribution in [0, 0.1) is 6.08 Å². The second-order valence-corrected chi connectivity index (χ2v) is 1.61. The molecular formula is C5H8NO. The Morgan fingerprint density at radius 1 is 1.86 bits per heavy atom.